The smallest absolute Gasteiger partial charge is 0.269 e. The van der Waals surface area contributed by atoms with Crippen LogP contribution in [-0.4, -0.2) is 31.0 Å². The summed E-state index contributed by atoms with van der Waals surface area (Å²) in [7, 11) is 1.86. The molecular formula is C12H17N3O3. The molecule has 1 aromatic rings. The molecule has 1 amide bonds. The lowest BCUT2D eigenvalue weighted by atomic mass is 10.1. The van der Waals surface area contributed by atoms with Crippen molar-refractivity contribution < 1.29 is 9.72 Å². The Hall–Kier alpha value is -1.95. The third-order valence-corrected chi connectivity index (χ3v) is 2.44. The van der Waals surface area contributed by atoms with Crippen molar-refractivity contribution in [2.45, 2.75) is 12.8 Å². The molecule has 0 heterocycles. The van der Waals surface area contributed by atoms with Crippen molar-refractivity contribution in [3.63, 3.8) is 0 Å². The van der Waals surface area contributed by atoms with Crippen LogP contribution >= 0.6 is 0 Å². The van der Waals surface area contributed by atoms with Crippen LogP contribution in [0.5, 0.6) is 0 Å². The molecule has 2 N–H and O–H groups in total. The fourth-order valence-electron chi connectivity index (χ4n) is 1.48. The van der Waals surface area contributed by atoms with Gasteiger partial charge in [-0.1, -0.05) is 12.1 Å². The van der Waals surface area contributed by atoms with Crippen molar-refractivity contribution in [2.75, 3.05) is 20.1 Å². The maximum absolute atomic E-state index is 11.5. The third kappa shape index (κ3) is 4.92. The molecule has 0 aliphatic rings. The van der Waals surface area contributed by atoms with E-state index in [4.69, 9.17) is 0 Å². The summed E-state index contributed by atoms with van der Waals surface area (Å²) in [5, 5.41) is 16.2. The van der Waals surface area contributed by atoms with Crippen LogP contribution in [0.3, 0.4) is 0 Å². The Bertz CT molecular complexity index is 404. The number of nitrogens with zero attached hydrogens (tertiary/aromatic N) is 1. The van der Waals surface area contributed by atoms with E-state index in [1.54, 1.807) is 12.1 Å². The number of benzene rings is 1. The van der Waals surface area contributed by atoms with Crippen molar-refractivity contribution in [1.82, 2.24) is 10.6 Å². The van der Waals surface area contributed by atoms with Gasteiger partial charge >= 0.3 is 0 Å². The van der Waals surface area contributed by atoms with E-state index in [0.717, 1.165) is 18.5 Å². The normalized spacial score (nSPS) is 10.1. The van der Waals surface area contributed by atoms with E-state index < -0.39 is 4.92 Å². The largest absolute Gasteiger partial charge is 0.356 e. The van der Waals surface area contributed by atoms with Gasteiger partial charge in [-0.05, 0) is 25.6 Å². The second-order valence-corrected chi connectivity index (χ2v) is 3.91. The van der Waals surface area contributed by atoms with Gasteiger partial charge in [0.1, 0.15) is 0 Å². The molecule has 0 aliphatic carbocycles. The number of hydrogen-bond acceptors (Lipinski definition) is 4. The maximum Gasteiger partial charge on any atom is 0.269 e. The second kappa shape index (κ2) is 7.39. The predicted molar refractivity (Wildman–Crippen MR) is 68.4 cm³/mol. The first-order valence-corrected chi connectivity index (χ1v) is 5.78. The molecule has 1 rings (SSSR count). The van der Waals surface area contributed by atoms with Crippen LogP contribution < -0.4 is 10.6 Å². The van der Waals surface area contributed by atoms with Crippen LogP contribution in [0.2, 0.25) is 0 Å². The monoisotopic (exact) mass is 251 g/mol. The summed E-state index contributed by atoms with van der Waals surface area (Å²) in [6.07, 6.45) is 1.13. The summed E-state index contributed by atoms with van der Waals surface area (Å²) in [5.41, 5.74) is 0.805. The molecule has 0 atom stereocenters. The van der Waals surface area contributed by atoms with Gasteiger partial charge in [-0.25, -0.2) is 0 Å². The summed E-state index contributed by atoms with van der Waals surface area (Å²) >= 11 is 0. The average Bonchev–Trinajstić information content (AvgIpc) is 2.35. The molecule has 6 nitrogen and oxygen atoms in total. The van der Waals surface area contributed by atoms with Gasteiger partial charge in [-0.2, -0.15) is 0 Å². The minimum Gasteiger partial charge on any atom is -0.356 e. The number of nitrogens with one attached hydrogen (secondary N) is 2. The molecule has 0 fully saturated rings. The van der Waals surface area contributed by atoms with Crippen LogP contribution in [0.1, 0.15) is 12.0 Å². The van der Waals surface area contributed by atoms with Gasteiger partial charge in [0.25, 0.3) is 5.69 Å². The van der Waals surface area contributed by atoms with Crippen LogP contribution in [0.25, 0.3) is 0 Å². The van der Waals surface area contributed by atoms with Gasteiger partial charge in [0.15, 0.2) is 0 Å². The zero-order valence-corrected chi connectivity index (χ0v) is 10.3. The van der Waals surface area contributed by atoms with Crippen molar-refractivity contribution in [3.8, 4) is 0 Å². The van der Waals surface area contributed by atoms with Crippen molar-refractivity contribution in [3.05, 3.63) is 39.9 Å². The van der Waals surface area contributed by atoms with Crippen LogP contribution in [0.15, 0.2) is 24.3 Å². The highest BCUT2D eigenvalue weighted by molar-refractivity contribution is 5.78. The van der Waals surface area contributed by atoms with Gasteiger partial charge < -0.3 is 10.6 Å². The zero-order chi connectivity index (χ0) is 13.4. The molecule has 0 aliphatic heterocycles. The molecule has 0 spiro atoms. The number of amides is 1. The van der Waals surface area contributed by atoms with Crippen molar-refractivity contribution in [1.29, 1.82) is 0 Å². The van der Waals surface area contributed by atoms with Crippen LogP contribution in [0, 0.1) is 10.1 Å². The van der Waals surface area contributed by atoms with E-state index in [9.17, 15) is 14.9 Å². The Morgan fingerprint density at radius 2 is 1.94 bits per heavy atom. The molecule has 0 bridgehead atoms. The highest BCUT2D eigenvalue weighted by Gasteiger charge is 2.06. The lowest BCUT2D eigenvalue weighted by Gasteiger charge is -2.04. The first kappa shape index (κ1) is 14.1. The van der Waals surface area contributed by atoms with Crippen LogP contribution in [-0.2, 0) is 11.2 Å². The quantitative estimate of drug-likeness (QED) is 0.427. The fourth-order valence-corrected chi connectivity index (χ4v) is 1.48. The maximum atomic E-state index is 11.5. The first-order valence-electron chi connectivity index (χ1n) is 5.78. The van der Waals surface area contributed by atoms with E-state index >= 15 is 0 Å². The number of nitro benzene ring substituents is 1. The van der Waals surface area contributed by atoms with E-state index in [1.807, 2.05) is 7.05 Å². The third-order valence-electron chi connectivity index (χ3n) is 2.44. The SMILES string of the molecule is CNCCCNC(=O)Cc1ccc([N+](=O)[O-])cc1. The molecule has 6 heteroatoms. The Morgan fingerprint density at radius 1 is 1.28 bits per heavy atom. The zero-order valence-electron chi connectivity index (χ0n) is 10.3. The van der Waals surface area contributed by atoms with Gasteiger partial charge in [0.05, 0.1) is 11.3 Å². The molecule has 0 saturated heterocycles. The first-order chi connectivity index (χ1) is 8.63. The van der Waals surface area contributed by atoms with Gasteiger partial charge in [0.2, 0.25) is 5.91 Å². The second-order valence-electron chi connectivity index (χ2n) is 3.91. The highest BCUT2D eigenvalue weighted by Crippen LogP contribution is 2.12. The summed E-state index contributed by atoms with van der Waals surface area (Å²) in [5.74, 6) is -0.0695. The van der Waals surface area contributed by atoms with Gasteiger partial charge in [-0.15, -0.1) is 0 Å². The molecule has 98 valence electrons. The predicted octanol–water partition coefficient (Wildman–Crippen LogP) is 0.863. The van der Waals surface area contributed by atoms with Gasteiger partial charge in [0, 0.05) is 18.7 Å². The molecule has 0 radical (unpaired) electrons. The number of hydrogen-bond donors (Lipinski definition) is 2. The number of non-ortho nitro benzene ring substituents is 1. The van der Waals surface area contributed by atoms with Crippen molar-refractivity contribution >= 4 is 11.6 Å². The number of nitro groups is 1. The highest BCUT2D eigenvalue weighted by atomic mass is 16.6. The molecule has 0 saturated carbocycles. The summed E-state index contributed by atoms with van der Waals surface area (Å²) in [6, 6.07) is 6.02. The Labute approximate surface area is 106 Å². The summed E-state index contributed by atoms with van der Waals surface area (Å²) < 4.78 is 0. The van der Waals surface area contributed by atoms with Gasteiger partial charge in [-0.3, -0.25) is 14.9 Å². The Kier molecular flexibility index (Phi) is 5.79. The fraction of sp³-hybridized carbons (Fsp3) is 0.417. The minimum atomic E-state index is -0.457. The average molecular weight is 251 g/mol. The topological polar surface area (TPSA) is 84.3 Å². The number of rotatable bonds is 7. The molecule has 0 aromatic heterocycles. The number of carbonyl (C=O) groups is 1. The lowest BCUT2D eigenvalue weighted by molar-refractivity contribution is -0.384. The summed E-state index contributed by atoms with van der Waals surface area (Å²) in [4.78, 5) is 21.5. The van der Waals surface area contributed by atoms with E-state index in [2.05, 4.69) is 10.6 Å². The minimum absolute atomic E-state index is 0.0354. The van der Waals surface area contributed by atoms with Crippen LogP contribution in [0.4, 0.5) is 5.69 Å². The van der Waals surface area contributed by atoms with E-state index in [0.29, 0.717) is 6.54 Å². The lowest BCUT2D eigenvalue weighted by Crippen LogP contribution is -2.27. The van der Waals surface area contributed by atoms with E-state index in [-0.39, 0.29) is 18.0 Å². The number of carbonyl (C=O) groups excluding carboxylic acids is 1. The Balaban J connectivity index is 2.37. The molecule has 1 aromatic carbocycles. The Morgan fingerprint density at radius 3 is 2.50 bits per heavy atom. The summed E-state index contributed by atoms with van der Waals surface area (Å²) in [6.45, 7) is 1.49. The molecule has 0 unspecified atom stereocenters. The molecular weight excluding hydrogens is 234 g/mol. The van der Waals surface area contributed by atoms with E-state index in [1.165, 1.54) is 12.1 Å². The standard InChI is InChI=1S/C12H17N3O3/c1-13-7-2-8-14-12(16)9-10-3-5-11(6-4-10)15(17)18/h3-6,13H,2,7-9H2,1H3,(H,14,16). The molecule has 18 heavy (non-hydrogen) atoms. The van der Waals surface area contributed by atoms with Crippen molar-refractivity contribution in [2.24, 2.45) is 0 Å².